The van der Waals surface area contributed by atoms with Crippen molar-refractivity contribution < 1.29 is 0 Å². The molecule has 0 saturated heterocycles. The summed E-state index contributed by atoms with van der Waals surface area (Å²) in [7, 11) is 0. The van der Waals surface area contributed by atoms with E-state index in [0.29, 0.717) is 5.41 Å². The maximum atomic E-state index is 2.47. The van der Waals surface area contributed by atoms with E-state index in [4.69, 9.17) is 0 Å². The van der Waals surface area contributed by atoms with Crippen LogP contribution in [0, 0.1) is 11.3 Å². The minimum atomic E-state index is 0.617. The molecule has 0 aliphatic rings. The third kappa shape index (κ3) is 4.69. The molecule has 0 amide bonds. The summed E-state index contributed by atoms with van der Waals surface area (Å²) in [4.78, 5) is 0. The lowest BCUT2D eigenvalue weighted by Crippen LogP contribution is -2.19. The molecule has 0 N–H and O–H groups in total. The van der Waals surface area contributed by atoms with Gasteiger partial charge in [0.25, 0.3) is 0 Å². The third-order valence-electron chi connectivity index (χ3n) is 3.64. The summed E-state index contributed by atoms with van der Waals surface area (Å²) in [5.74, 6) is 0.955. The van der Waals surface area contributed by atoms with Gasteiger partial charge in [0.05, 0.1) is 0 Å². The van der Waals surface area contributed by atoms with E-state index in [1.54, 1.807) is 0 Å². The molecule has 0 radical (unpaired) electrons. The second-order valence-corrected chi connectivity index (χ2v) is 4.80. The van der Waals surface area contributed by atoms with Crippen molar-refractivity contribution in [3.63, 3.8) is 0 Å². The van der Waals surface area contributed by atoms with E-state index in [1.165, 1.54) is 38.5 Å². The van der Waals surface area contributed by atoms with Crippen LogP contribution in [0.2, 0.25) is 0 Å². The summed E-state index contributed by atoms with van der Waals surface area (Å²) in [6.07, 6.45) is 8.23. The fourth-order valence-corrected chi connectivity index (χ4v) is 2.30. The number of hydrogen-bond donors (Lipinski definition) is 0. The number of rotatable bonds is 7. The molecule has 0 aromatic carbocycles. The molecule has 0 aromatic rings. The van der Waals surface area contributed by atoms with E-state index < -0.39 is 0 Å². The highest BCUT2D eigenvalue weighted by Crippen LogP contribution is 2.36. The van der Waals surface area contributed by atoms with Crippen LogP contribution in [-0.2, 0) is 0 Å². The predicted molar refractivity (Wildman–Crippen MR) is 62.0 cm³/mol. The van der Waals surface area contributed by atoms with Crippen molar-refractivity contribution in [3.05, 3.63) is 0 Å². The summed E-state index contributed by atoms with van der Waals surface area (Å²) in [5, 5.41) is 0. The highest BCUT2D eigenvalue weighted by atomic mass is 14.3. The van der Waals surface area contributed by atoms with Crippen LogP contribution in [0.3, 0.4) is 0 Å². The second kappa shape index (κ2) is 6.45. The second-order valence-electron chi connectivity index (χ2n) is 4.80. The zero-order valence-electron chi connectivity index (χ0n) is 10.3. The zero-order chi connectivity index (χ0) is 10.3. The van der Waals surface area contributed by atoms with Crippen LogP contribution in [0.15, 0.2) is 0 Å². The minimum absolute atomic E-state index is 0.617. The van der Waals surface area contributed by atoms with Gasteiger partial charge in [-0.2, -0.15) is 0 Å². The van der Waals surface area contributed by atoms with Gasteiger partial charge in [0, 0.05) is 0 Å². The van der Waals surface area contributed by atoms with Gasteiger partial charge in [-0.05, 0) is 24.2 Å². The Morgan fingerprint density at radius 1 is 1.00 bits per heavy atom. The Bertz CT molecular complexity index is 113. The van der Waals surface area contributed by atoms with E-state index in [0.717, 1.165) is 5.92 Å². The lowest BCUT2D eigenvalue weighted by molar-refractivity contribution is 0.203. The first-order valence-corrected chi connectivity index (χ1v) is 6.11. The fourth-order valence-electron chi connectivity index (χ4n) is 2.30. The van der Waals surface area contributed by atoms with Crippen LogP contribution < -0.4 is 0 Å². The first-order valence-electron chi connectivity index (χ1n) is 6.11. The molecule has 0 aliphatic carbocycles. The molecule has 0 rings (SSSR count). The maximum Gasteiger partial charge on any atom is -0.0326 e. The van der Waals surface area contributed by atoms with Gasteiger partial charge in [-0.3, -0.25) is 0 Å². The minimum Gasteiger partial charge on any atom is -0.0654 e. The molecule has 0 spiro atoms. The van der Waals surface area contributed by atoms with Gasteiger partial charge in [-0.25, -0.2) is 0 Å². The summed E-state index contributed by atoms with van der Waals surface area (Å²) in [6.45, 7) is 11.8. The Kier molecular flexibility index (Phi) is 6.45. The van der Waals surface area contributed by atoms with E-state index in [2.05, 4.69) is 34.6 Å². The van der Waals surface area contributed by atoms with Gasteiger partial charge in [0.2, 0.25) is 0 Å². The van der Waals surface area contributed by atoms with Gasteiger partial charge in [0.1, 0.15) is 0 Å². The van der Waals surface area contributed by atoms with Crippen molar-refractivity contribution in [2.45, 2.75) is 73.1 Å². The van der Waals surface area contributed by atoms with Crippen LogP contribution in [0.4, 0.5) is 0 Å². The Labute approximate surface area is 85.1 Å². The van der Waals surface area contributed by atoms with Crippen molar-refractivity contribution in [2.24, 2.45) is 11.3 Å². The van der Waals surface area contributed by atoms with Crippen LogP contribution in [0.25, 0.3) is 0 Å². The average molecular weight is 184 g/mol. The SMILES string of the molecule is CCCC(C)(CC)CC(CC)CC. The highest BCUT2D eigenvalue weighted by Gasteiger charge is 2.23. The smallest absolute Gasteiger partial charge is 0.0326 e. The molecule has 1 atom stereocenters. The molecule has 0 bridgehead atoms. The summed E-state index contributed by atoms with van der Waals surface area (Å²) < 4.78 is 0. The van der Waals surface area contributed by atoms with Crippen molar-refractivity contribution in [1.82, 2.24) is 0 Å². The average Bonchev–Trinajstić information content (AvgIpc) is 2.15. The highest BCUT2D eigenvalue weighted by molar-refractivity contribution is 4.75. The molecule has 0 heterocycles. The largest absolute Gasteiger partial charge is 0.0654 e. The molecule has 0 aromatic heterocycles. The molecule has 0 heteroatoms. The molecule has 1 unspecified atom stereocenters. The van der Waals surface area contributed by atoms with E-state index in [-0.39, 0.29) is 0 Å². The molecule has 80 valence electrons. The molecule has 0 aliphatic heterocycles. The third-order valence-corrected chi connectivity index (χ3v) is 3.64. The number of hydrogen-bond acceptors (Lipinski definition) is 0. The molecule has 0 fully saturated rings. The summed E-state index contributed by atoms with van der Waals surface area (Å²) >= 11 is 0. The van der Waals surface area contributed by atoms with Crippen molar-refractivity contribution in [3.8, 4) is 0 Å². The maximum absolute atomic E-state index is 2.47. The molecule has 0 nitrogen and oxygen atoms in total. The Morgan fingerprint density at radius 3 is 1.85 bits per heavy atom. The molecular weight excluding hydrogens is 156 g/mol. The first-order chi connectivity index (χ1) is 6.11. The van der Waals surface area contributed by atoms with Gasteiger partial charge in [-0.15, -0.1) is 0 Å². The van der Waals surface area contributed by atoms with Gasteiger partial charge in [0.15, 0.2) is 0 Å². The normalized spacial score (nSPS) is 16.2. The zero-order valence-corrected chi connectivity index (χ0v) is 10.3. The monoisotopic (exact) mass is 184 g/mol. The standard InChI is InChI=1S/C13H28/c1-6-10-13(5,9-4)11-12(7-2)8-3/h12H,6-11H2,1-5H3. The van der Waals surface area contributed by atoms with Gasteiger partial charge in [-0.1, -0.05) is 60.3 Å². The van der Waals surface area contributed by atoms with Crippen molar-refractivity contribution >= 4 is 0 Å². The lowest BCUT2D eigenvalue weighted by atomic mass is 9.74. The Balaban J connectivity index is 4.07. The van der Waals surface area contributed by atoms with Gasteiger partial charge < -0.3 is 0 Å². The Hall–Kier alpha value is 0. The molecular formula is C13H28. The van der Waals surface area contributed by atoms with E-state index >= 15 is 0 Å². The molecule has 13 heavy (non-hydrogen) atoms. The van der Waals surface area contributed by atoms with Crippen LogP contribution in [-0.4, -0.2) is 0 Å². The van der Waals surface area contributed by atoms with Gasteiger partial charge >= 0.3 is 0 Å². The quantitative estimate of drug-likeness (QED) is 0.520. The van der Waals surface area contributed by atoms with E-state index in [1.807, 2.05) is 0 Å². The van der Waals surface area contributed by atoms with E-state index in [9.17, 15) is 0 Å². The van der Waals surface area contributed by atoms with Crippen LogP contribution in [0.5, 0.6) is 0 Å². The van der Waals surface area contributed by atoms with Crippen LogP contribution in [0.1, 0.15) is 73.1 Å². The summed E-state index contributed by atoms with van der Waals surface area (Å²) in [5.41, 5.74) is 0.617. The van der Waals surface area contributed by atoms with Crippen molar-refractivity contribution in [2.75, 3.05) is 0 Å². The Morgan fingerprint density at radius 2 is 1.54 bits per heavy atom. The topological polar surface area (TPSA) is 0 Å². The summed E-state index contributed by atoms with van der Waals surface area (Å²) in [6, 6.07) is 0. The lowest BCUT2D eigenvalue weighted by Gasteiger charge is -2.31. The van der Waals surface area contributed by atoms with Crippen molar-refractivity contribution in [1.29, 1.82) is 0 Å². The fraction of sp³-hybridized carbons (Fsp3) is 1.00. The first kappa shape index (κ1) is 13.0. The molecule has 0 saturated carbocycles. The predicted octanol–water partition coefficient (Wildman–Crippen LogP) is 5.03. The van der Waals surface area contributed by atoms with Crippen LogP contribution >= 0.6 is 0 Å².